The Labute approximate surface area is 99.2 Å². The molecule has 0 bridgehead atoms. The molecule has 0 spiro atoms. The maximum absolute atomic E-state index is 11.5. The summed E-state index contributed by atoms with van der Waals surface area (Å²) in [7, 11) is 0. The van der Waals surface area contributed by atoms with Crippen LogP contribution in [0.1, 0.15) is 53.9 Å². The predicted molar refractivity (Wildman–Crippen MR) is 65.4 cm³/mol. The summed E-state index contributed by atoms with van der Waals surface area (Å²) in [5, 5.41) is 9.78. The van der Waals surface area contributed by atoms with E-state index in [1.165, 1.54) is 0 Å². The van der Waals surface area contributed by atoms with Gasteiger partial charge < -0.3 is 9.84 Å². The molecule has 0 aromatic rings. The number of Topliss-reactive ketones (excluding diaryl/α,β-unsaturated/α-hetero) is 1. The first-order chi connectivity index (χ1) is 7.38. The van der Waals surface area contributed by atoms with Crippen LogP contribution >= 0.6 is 0 Å². The highest BCUT2D eigenvalue weighted by molar-refractivity contribution is 5.80. The quantitative estimate of drug-likeness (QED) is 0.697. The molecule has 0 radical (unpaired) electrons. The summed E-state index contributed by atoms with van der Waals surface area (Å²) in [6, 6.07) is 0. The highest BCUT2D eigenvalue weighted by Gasteiger charge is 2.21. The fraction of sp³-hybridized carbons (Fsp3) is 0.923. The van der Waals surface area contributed by atoms with Crippen molar-refractivity contribution in [2.45, 2.75) is 72.2 Å². The van der Waals surface area contributed by atoms with Crippen molar-refractivity contribution in [3.05, 3.63) is 0 Å². The molecule has 3 nitrogen and oxygen atoms in total. The van der Waals surface area contributed by atoms with E-state index in [2.05, 4.69) is 0 Å². The monoisotopic (exact) mass is 230 g/mol. The van der Waals surface area contributed by atoms with Crippen molar-refractivity contribution in [3.63, 3.8) is 0 Å². The van der Waals surface area contributed by atoms with Crippen LogP contribution in [0.3, 0.4) is 0 Å². The number of hydrogen-bond donors (Lipinski definition) is 1. The zero-order valence-corrected chi connectivity index (χ0v) is 11.2. The Morgan fingerprint density at radius 1 is 1.25 bits per heavy atom. The van der Waals surface area contributed by atoms with E-state index < -0.39 is 6.10 Å². The Kier molecular flexibility index (Phi) is 7.60. The molecule has 0 fully saturated rings. The van der Waals surface area contributed by atoms with Gasteiger partial charge in [-0.05, 0) is 26.7 Å². The van der Waals surface area contributed by atoms with Gasteiger partial charge in [-0.15, -0.1) is 0 Å². The van der Waals surface area contributed by atoms with Gasteiger partial charge in [0, 0.05) is 12.3 Å². The molecule has 0 saturated carbocycles. The maximum atomic E-state index is 11.5. The van der Waals surface area contributed by atoms with E-state index in [1.54, 1.807) is 0 Å². The zero-order chi connectivity index (χ0) is 12.7. The lowest BCUT2D eigenvalue weighted by Gasteiger charge is -2.24. The summed E-state index contributed by atoms with van der Waals surface area (Å²) in [4.78, 5) is 11.5. The van der Waals surface area contributed by atoms with Crippen molar-refractivity contribution < 1.29 is 14.6 Å². The number of hydrogen-bond acceptors (Lipinski definition) is 3. The number of ketones is 1. The van der Waals surface area contributed by atoms with Gasteiger partial charge in [0.25, 0.3) is 0 Å². The van der Waals surface area contributed by atoms with Gasteiger partial charge in [-0.25, -0.2) is 0 Å². The summed E-state index contributed by atoms with van der Waals surface area (Å²) < 4.78 is 5.63. The number of carbonyl (C=O) groups excluding carboxylic acids is 1. The van der Waals surface area contributed by atoms with Gasteiger partial charge >= 0.3 is 0 Å². The Hall–Kier alpha value is -0.410. The minimum atomic E-state index is -0.470. The Balaban J connectivity index is 4.16. The number of ether oxygens (including phenoxy) is 1. The van der Waals surface area contributed by atoms with Crippen LogP contribution in [-0.4, -0.2) is 29.2 Å². The molecule has 0 aromatic heterocycles. The Morgan fingerprint density at radius 2 is 1.81 bits per heavy atom. The van der Waals surface area contributed by atoms with Gasteiger partial charge in [0.2, 0.25) is 0 Å². The van der Waals surface area contributed by atoms with Crippen molar-refractivity contribution in [3.8, 4) is 0 Å². The van der Waals surface area contributed by atoms with Gasteiger partial charge in [0.05, 0.1) is 18.3 Å². The molecule has 0 amide bonds. The third-order valence-corrected chi connectivity index (χ3v) is 2.61. The van der Waals surface area contributed by atoms with Crippen LogP contribution in [0, 0.1) is 5.92 Å². The van der Waals surface area contributed by atoms with Crippen LogP contribution in [0.25, 0.3) is 0 Å². The first kappa shape index (κ1) is 15.6. The molecule has 0 aliphatic carbocycles. The second-order valence-corrected chi connectivity index (χ2v) is 4.86. The second-order valence-electron chi connectivity index (χ2n) is 4.86. The Bertz CT molecular complexity index is 199. The Morgan fingerprint density at radius 3 is 2.19 bits per heavy atom. The SMILES string of the molecule is CCC(O)C(CCC(=O)C(C)C)OC(C)C. The van der Waals surface area contributed by atoms with E-state index in [4.69, 9.17) is 4.74 Å². The molecular formula is C13H26O3. The topological polar surface area (TPSA) is 46.5 Å². The van der Waals surface area contributed by atoms with E-state index in [1.807, 2.05) is 34.6 Å². The van der Waals surface area contributed by atoms with Gasteiger partial charge in [0.15, 0.2) is 0 Å². The number of aliphatic hydroxyl groups excluding tert-OH is 1. The first-order valence-corrected chi connectivity index (χ1v) is 6.24. The summed E-state index contributed by atoms with van der Waals surface area (Å²) in [6.45, 7) is 9.61. The average Bonchev–Trinajstić information content (AvgIpc) is 2.21. The summed E-state index contributed by atoms with van der Waals surface area (Å²) in [5.74, 6) is 0.305. The normalized spacial score (nSPS) is 15.5. The van der Waals surface area contributed by atoms with E-state index in [9.17, 15) is 9.90 Å². The third-order valence-electron chi connectivity index (χ3n) is 2.61. The molecule has 3 heteroatoms. The van der Waals surface area contributed by atoms with Gasteiger partial charge in [0.1, 0.15) is 5.78 Å². The molecule has 0 aromatic carbocycles. The van der Waals surface area contributed by atoms with E-state index in [0.29, 0.717) is 19.3 Å². The molecule has 0 heterocycles. The molecule has 96 valence electrons. The molecule has 0 aliphatic heterocycles. The van der Waals surface area contributed by atoms with Crippen LogP contribution in [-0.2, 0) is 9.53 Å². The number of aliphatic hydroxyl groups is 1. The summed E-state index contributed by atoms with van der Waals surface area (Å²) in [6.07, 6.45) is 1.17. The zero-order valence-electron chi connectivity index (χ0n) is 11.2. The van der Waals surface area contributed by atoms with Crippen LogP contribution < -0.4 is 0 Å². The van der Waals surface area contributed by atoms with Crippen LogP contribution in [0.15, 0.2) is 0 Å². The number of rotatable bonds is 8. The molecule has 0 aliphatic rings. The highest BCUT2D eigenvalue weighted by atomic mass is 16.5. The van der Waals surface area contributed by atoms with Gasteiger partial charge in [-0.2, -0.15) is 0 Å². The van der Waals surface area contributed by atoms with Crippen molar-refractivity contribution in [2.24, 2.45) is 5.92 Å². The smallest absolute Gasteiger partial charge is 0.135 e. The van der Waals surface area contributed by atoms with Crippen molar-refractivity contribution in [1.82, 2.24) is 0 Å². The average molecular weight is 230 g/mol. The molecule has 2 unspecified atom stereocenters. The predicted octanol–water partition coefficient (Wildman–Crippen LogP) is 2.56. The van der Waals surface area contributed by atoms with E-state index in [0.717, 1.165) is 0 Å². The standard InChI is InChI=1S/C13H26O3/c1-6-11(14)13(16-10(4)5)8-7-12(15)9(2)3/h9-11,13-14H,6-8H2,1-5H3. The van der Waals surface area contributed by atoms with Crippen molar-refractivity contribution >= 4 is 5.78 Å². The van der Waals surface area contributed by atoms with Crippen molar-refractivity contribution in [2.75, 3.05) is 0 Å². The first-order valence-electron chi connectivity index (χ1n) is 6.24. The summed E-state index contributed by atoms with van der Waals surface area (Å²) in [5.41, 5.74) is 0. The van der Waals surface area contributed by atoms with E-state index >= 15 is 0 Å². The molecule has 2 atom stereocenters. The van der Waals surface area contributed by atoms with E-state index in [-0.39, 0.29) is 23.9 Å². The third kappa shape index (κ3) is 6.23. The lowest BCUT2D eigenvalue weighted by atomic mass is 9.99. The molecule has 16 heavy (non-hydrogen) atoms. The lowest BCUT2D eigenvalue weighted by molar-refractivity contribution is -0.124. The fourth-order valence-electron chi connectivity index (χ4n) is 1.54. The summed E-state index contributed by atoms with van der Waals surface area (Å²) >= 11 is 0. The van der Waals surface area contributed by atoms with Crippen LogP contribution in [0.4, 0.5) is 0 Å². The lowest BCUT2D eigenvalue weighted by Crippen LogP contribution is -2.31. The fourth-order valence-corrected chi connectivity index (χ4v) is 1.54. The van der Waals surface area contributed by atoms with Gasteiger partial charge in [-0.1, -0.05) is 20.8 Å². The molecule has 0 saturated heterocycles. The molecular weight excluding hydrogens is 204 g/mol. The van der Waals surface area contributed by atoms with Crippen LogP contribution in [0.5, 0.6) is 0 Å². The van der Waals surface area contributed by atoms with Gasteiger partial charge in [-0.3, -0.25) is 4.79 Å². The largest absolute Gasteiger partial charge is 0.390 e. The minimum absolute atomic E-state index is 0.0680. The minimum Gasteiger partial charge on any atom is -0.390 e. The molecule has 0 rings (SSSR count). The molecule has 1 N–H and O–H groups in total. The number of carbonyl (C=O) groups is 1. The second kappa shape index (κ2) is 7.80. The van der Waals surface area contributed by atoms with Crippen LogP contribution in [0.2, 0.25) is 0 Å². The van der Waals surface area contributed by atoms with Crippen molar-refractivity contribution in [1.29, 1.82) is 0 Å². The highest BCUT2D eigenvalue weighted by Crippen LogP contribution is 2.14. The maximum Gasteiger partial charge on any atom is 0.135 e.